The van der Waals surface area contributed by atoms with Crippen LogP contribution in [0.1, 0.15) is 11.1 Å². The minimum atomic E-state index is -4.43. The third-order valence-electron chi connectivity index (χ3n) is 3.57. The van der Waals surface area contributed by atoms with Gasteiger partial charge in [0.1, 0.15) is 5.69 Å². The fourth-order valence-electron chi connectivity index (χ4n) is 2.48. The molecule has 0 atom stereocenters. The van der Waals surface area contributed by atoms with Crippen molar-refractivity contribution in [2.75, 3.05) is 18.0 Å². The number of benzene rings is 1. The van der Waals surface area contributed by atoms with Gasteiger partial charge in [-0.1, -0.05) is 12.1 Å². The van der Waals surface area contributed by atoms with Gasteiger partial charge in [0, 0.05) is 6.20 Å². The van der Waals surface area contributed by atoms with Crippen LogP contribution in [0.4, 0.5) is 33.5 Å². The minimum Gasteiger partial charge on any atom is -0.343 e. The standard InChI is InChI=1S/C16H12F5N3/c17-14(18)9-24-8-13(23-12-2-1-7-22-15(12)24)10-3-5-11(6-4-10)16(19,20)21/h1-7,14H,8-9H2. The van der Waals surface area contributed by atoms with Crippen LogP contribution in [0.5, 0.6) is 0 Å². The molecule has 2 heterocycles. The molecule has 0 bridgehead atoms. The van der Waals surface area contributed by atoms with Crippen LogP contribution >= 0.6 is 0 Å². The number of aliphatic imine (C=N–C) groups is 1. The molecule has 1 aliphatic rings. The van der Waals surface area contributed by atoms with Gasteiger partial charge in [-0.3, -0.25) is 0 Å². The van der Waals surface area contributed by atoms with E-state index in [0.29, 0.717) is 22.8 Å². The van der Waals surface area contributed by atoms with Crippen molar-refractivity contribution < 1.29 is 22.0 Å². The van der Waals surface area contributed by atoms with E-state index < -0.39 is 24.7 Å². The predicted molar refractivity (Wildman–Crippen MR) is 80.1 cm³/mol. The number of aromatic nitrogens is 1. The van der Waals surface area contributed by atoms with Crippen LogP contribution in [0.25, 0.3) is 0 Å². The third-order valence-corrected chi connectivity index (χ3v) is 3.57. The summed E-state index contributed by atoms with van der Waals surface area (Å²) >= 11 is 0. The van der Waals surface area contributed by atoms with Crippen molar-refractivity contribution >= 4 is 17.2 Å². The van der Waals surface area contributed by atoms with Crippen LogP contribution in [0.3, 0.4) is 0 Å². The summed E-state index contributed by atoms with van der Waals surface area (Å²) in [7, 11) is 0. The molecule has 0 saturated carbocycles. The molecule has 0 spiro atoms. The van der Waals surface area contributed by atoms with Crippen molar-refractivity contribution in [1.82, 2.24) is 4.98 Å². The highest BCUT2D eigenvalue weighted by atomic mass is 19.4. The second-order valence-corrected chi connectivity index (χ2v) is 5.25. The van der Waals surface area contributed by atoms with E-state index in [1.54, 1.807) is 12.1 Å². The van der Waals surface area contributed by atoms with Crippen molar-refractivity contribution in [3.05, 3.63) is 53.7 Å². The van der Waals surface area contributed by atoms with Crippen molar-refractivity contribution in [2.45, 2.75) is 12.6 Å². The van der Waals surface area contributed by atoms with Crippen LogP contribution in [-0.2, 0) is 6.18 Å². The molecule has 0 amide bonds. The van der Waals surface area contributed by atoms with E-state index in [1.807, 2.05) is 0 Å². The van der Waals surface area contributed by atoms with E-state index in [2.05, 4.69) is 9.98 Å². The zero-order valence-corrected chi connectivity index (χ0v) is 12.3. The maximum absolute atomic E-state index is 12.8. The van der Waals surface area contributed by atoms with Gasteiger partial charge >= 0.3 is 6.18 Å². The Morgan fingerprint density at radius 1 is 1.08 bits per heavy atom. The number of alkyl halides is 5. The summed E-state index contributed by atoms with van der Waals surface area (Å²) in [5.41, 5.74) is 0.523. The highest BCUT2D eigenvalue weighted by molar-refractivity contribution is 6.07. The summed E-state index contributed by atoms with van der Waals surface area (Å²) < 4.78 is 63.5. The average molecular weight is 341 g/mol. The van der Waals surface area contributed by atoms with Gasteiger partial charge in [0.25, 0.3) is 6.43 Å². The van der Waals surface area contributed by atoms with Crippen molar-refractivity contribution in [1.29, 1.82) is 0 Å². The molecule has 0 N–H and O–H groups in total. The molecule has 8 heteroatoms. The Morgan fingerprint density at radius 2 is 1.79 bits per heavy atom. The number of fused-ring (bicyclic) bond motifs is 1. The molecular formula is C16H12F5N3. The molecule has 0 unspecified atom stereocenters. The summed E-state index contributed by atoms with van der Waals surface area (Å²) in [4.78, 5) is 9.79. The average Bonchev–Trinajstić information content (AvgIpc) is 2.53. The first-order valence-corrected chi connectivity index (χ1v) is 7.08. The van der Waals surface area contributed by atoms with Crippen molar-refractivity contribution in [2.24, 2.45) is 4.99 Å². The van der Waals surface area contributed by atoms with Crippen molar-refractivity contribution in [3.63, 3.8) is 0 Å². The van der Waals surface area contributed by atoms with Crippen LogP contribution in [0, 0.1) is 0 Å². The number of halogens is 5. The van der Waals surface area contributed by atoms with Crippen LogP contribution in [-0.4, -0.2) is 30.2 Å². The normalized spacial score (nSPS) is 14.6. The molecule has 126 valence electrons. The molecule has 3 nitrogen and oxygen atoms in total. The smallest absolute Gasteiger partial charge is 0.343 e. The van der Waals surface area contributed by atoms with Gasteiger partial charge in [-0.05, 0) is 29.8 Å². The molecule has 3 rings (SSSR count). The van der Waals surface area contributed by atoms with Gasteiger partial charge in [-0.15, -0.1) is 0 Å². The van der Waals surface area contributed by atoms with E-state index in [-0.39, 0.29) is 6.54 Å². The first-order chi connectivity index (χ1) is 11.3. The zero-order valence-electron chi connectivity index (χ0n) is 12.3. The molecule has 0 fully saturated rings. The summed E-state index contributed by atoms with van der Waals surface area (Å²) in [6.07, 6.45) is -5.51. The third kappa shape index (κ3) is 3.37. The van der Waals surface area contributed by atoms with Gasteiger partial charge in [0.15, 0.2) is 5.82 Å². The van der Waals surface area contributed by atoms with E-state index in [1.165, 1.54) is 23.2 Å². The van der Waals surface area contributed by atoms with Gasteiger partial charge < -0.3 is 4.90 Å². The fraction of sp³-hybridized carbons (Fsp3) is 0.250. The number of nitrogens with zero attached hydrogens (tertiary/aromatic N) is 3. The highest BCUT2D eigenvalue weighted by Crippen LogP contribution is 2.32. The molecular weight excluding hydrogens is 329 g/mol. The first kappa shape index (κ1) is 16.4. The Kier molecular flexibility index (Phi) is 4.21. The Morgan fingerprint density at radius 3 is 2.42 bits per heavy atom. The summed E-state index contributed by atoms with van der Waals surface area (Å²) in [5.74, 6) is 0.341. The molecule has 1 aromatic heterocycles. The van der Waals surface area contributed by atoms with Gasteiger partial charge in [-0.2, -0.15) is 13.2 Å². The zero-order chi connectivity index (χ0) is 17.3. The molecule has 1 aliphatic heterocycles. The summed E-state index contributed by atoms with van der Waals surface area (Å²) in [6, 6.07) is 7.75. The number of hydrogen-bond donors (Lipinski definition) is 0. The molecule has 0 radical (unpaired) electrons. The monoisotopic (exact) mass is 341 g/mol. The molecule has 0 saturated heterocycles. The first-order valence-electron chi connectivity index (χ1n) is 7.08. The largest absolute Gasteiger partial charge is 0.416 e. The number of rotatable bonds is 3. The summed E-state index contributed by atoms with van der Waals surface area (Å²) in [6.45, 7) is -0.469. The van der Waals surface area contributed by atoms with Crippen LogP contribution in [0.15, 0.2) is 47.6 Å². The van der Waals surface area contributed by atoms with Crippen molar-refractivity contribution in [3.8, 4) is 0 Å². The lowest BCUT2D eigenvalue weighted by Gasteiger charge is -2.29. The number of hydrogen-bond acceptors (Lipinski definition) is 3. The van der Waals surface area contributed by atoms with E-state index in [0.717, 1.165) is 12.1 Å². The van der Waals surface area contributed by atoms with Gasteiger partial charge in [0.05, 0.1) is 24.4 Å². The van der Waals surface area contributed by atoms with E-state index >= 15 is 0 Å². The van der Waals surface area contributed by atoms with Gasteiger partial charge in [0.2, 0.25) is 0 Å². The Labute approximate surface area is 134 Å². The second-order valence-electron chi connectivity index (χ2n) is 5.25. The fourth-order valence-corrected chi connectivity index (χ4v) is 2.48. The lowest BCUT2D eigenvalue weighted by atomic mass is 10.1. The topological polar surface area (TPSA) is 28.5 Å². The van der Waals surface area contributed by atoms with E-state index in [9.17, 15) is 22.0 Å². The predicted octanol–water partition coefficient (Wildman–Crippen LogP) is 4.31. The quantitative estimate of drug-likeness (QED) is 0.779. The Balaban J connectivity index is 1.95. The number of pyridine rings is 1. The number of anilines is 1. The maximum atomic E-state index is 12.8. The lowest BCUT2D eigenvalue weighted by Crippen LogP contribution is -2.37. The molecule has 1 aromatic carbocycles. The maximum Gasteiger partial charge on any atom is 0.416 e. The van der Waals surface area contributed by atoms with Gasteiger partial charge in [-0.25, -0.2) is 18.8 Å². The lowest BCUT2D eigenvalue weighted by molar-refractivity contribution is -0.137. The molecule has 2 aromatic rings. The second kappa shape index (κ2) is 6.18. The highest BCUT2D eigenvalue weighted by Gasteiger charge is 2.30. The van der Waals surface area contributed by atoms with Crippen LogP contribution in [0.2, 0.25) is 0 Å². The minimum absolute atomic E-state index is 0.0553. The SMILES string of the molecule is FC(F)CN1CC(c2ccc(C(F)(F)F)cc2)=Nc2cccnc21. The summed E-state index contributed by atoms with van der Waals surface area (Å²) in [5, 5.41) is 0. The molecule has 24 heavy (non-hydrogen) atoms. The van der Waals surface area contributed by atoms with Crippen LogP contribution < -0.4 is 4.90 Å². The Bertz CT molecular complexity index is 753. The molecule has 0 aliphatic carbocycles. The van der Waals surface area contributed by atoms with E-state index in [4.69, 9.17) is 0 Å². The Hall–Kier alpha value is -2.51.